The van der Waals surface area contributed by atoms with E-state index in [0.29, 0.717) is 13.2 Å². The van der Waals surface area contributed by atoms with Gasteiger partial charge in [0.15, 0.2) is 0 Å². The molecule has 0 aromatic heterocycles. The fourth-order valence-electron chi connectivity index (χ4n) is 2.94. The first-order chi connectivity index (χ1) is 10.9. The van der Waals surface area contributed by atoms with Crippen LogP contribution in [0.1, 0.15) is 6.92 Å². The van der Waals surface area contributed by atoms with Crippen molar-refractivity contribution in [1.29, 1.82) is 0 Å². The summed E-state index contributed by atoms with van der Waals surface area (Å²) in [7, 11) is -0.628. The molecule has 23 heavy (non-hydrogen) atoms. The van der Waals surface area contributed by atoms with Gasteiger partial charge in [0.2, 0.25) is 0 Å². The predicted octanol–water partition coefficient (Wildman–Crippen LogP) is 0.125. The number of fused-ring (bicyclic) bond motifs is 6. The summed E-state index contributed by atoms with van der Waals surface area (Å²) >= 11 is 0. The van der Waals surface area contributed by atoms with Gasteiger partial charge in [-0.25, -0.2) is 0 Å². The average molecular weight is 368 g/mol. The van der Waals surface area contributed by atoms with Crippen LogP contribution in [0.5, 0.6) is 0 Å². The van der Waals surface area contributed by atoms with E-state index in [4.69, 9.17) is 31.3 Å². The predicted molar refractivity (Wildman–Crippen MR) is 87.0 cm³/mol. The van der Waals surface area contributed by atoms with Crippen LogP contribution in [0.4, 0.5) is 0 Å². The fourth-order valence-corrected chi connectivity index (χ4v) is 6.36. The molecule has 3 aliphatic rings. The molecule has 136 valence electrons. The summed E-state index contributed by atoms with van der Waals surface area (Å²) in [4.78, 5) is 2.29. The standard InChI is InChI=1S/C13H29NO7Si2/c1-12-8-14-6-7-19-22(5,20-12)21-13(9-14)10-18-11-23(15-2,16-3)17-4/h12-13H,6-11H2,1-5H3. The Hall–Kier alpha value is 0.114. The highest BCUT2D eigenvalue weighted by Crippen LogP contribution is 2.22. The lowest BCUT2D eigenvalue weighted by atomic mass is 10.3. The molecular formula is C13H29NO7Si2. The molecule has 0 aliphatic carbocycles. The van der Waals surface area contributed by atoms with E-state index in [1.54, 1.807) is 21.3 Å². The minimum absolute atomic E-state index is 0.100. The first-order valence-corrected chi connectivity index (χ1v) is 12.0. The van der Waals surface area contributed by atoms with Crippen LogP contribution >= 0.6 is 0 Å². The summed E-state index contributed by atoms with van der Waals surface area (Å²) in [6.07, 6.45) is 0.299. The third-order valence-corrected chi connectivity index (χ3v) is 8.80. The van der Waals surface area contributed by atoms with E-state index >= 15 is 0 Å². The SMILES string of the molecule is CO[Si](COCC1CN2CCO[Si](C)(OC(C)C2)O1)(OC)OC. The molecule has 0 spiro atoms. The summed E-state index contributed by atoms with van der Waals surface area (Å²) in [5.74, 6) is 0. The normalized spacial score (nSPS) is 35.6. The Labute approximate surface area is 140 Å². The van der Waals surface area contributed by atoms with Gasteiger partial charge in [0.1, 0.15) is 6.23 Å². The second-order valence-corrected chi connectivity index (χ2v) is 11.3. The van der Waals surface area contributed by atoms with Gasteiger partial charge in [-0.15, -0.1) is 0 Å². The van der Waals surface area contributed by atoms with E-state index in [2.05, 4.69) is 11.8 Å². The van der Waals surface area contributed by atoms with Gasteiger partial charge >= 0.3 is 17.6 Å². The molecule has 0 amide bonds. The molecule has 10 heteroatoms. The van der Waals surface area contributed by atoms with Gasteiger partial charge in [-0.05, 0) is 6.92 Å². The average Bonchev–Trinajstić information content (AvgIpc) is 2.48. The van der Waals surface area contributed by atoms with Crippen LogP contribution in [0.25, 0.3) is 0 Å². The van der Waals surface area contributed by atoms with Crippen molar-refractivity contribution in [2.45, 2.75) is 25.7 Å². The monoisotopic (exact) mass is 367 g/mol. The lowest BCUT2D eigenvalue weighted by Crippen LogP contribution is -2.59. The van der Waals surface area contributed by atoms with Gasteiger partial charge in [0, 0.05) is 47.5 Å². The second-order valence-electron chi connectivity index (χ2n) is 5.95. The molecule has 3 fully saturated rings. The van der Waals surface area contributed by atoms with Gasteiger partial charge in [-0.2, -0.15) is 0 Å². The molecule has 4 atom stereocenters. The van der Waals surface area contributed by atoms with Crippen LogP contribution in [-0.4, -0.2) is 95.1 Å². The Kier molecular flexibility index (Phi) is 7.16. The molecule has 3 saturated heterocycles. The molecule has 3 rings (SSSR count). The van der Waals surface area contributed by atoms with Crippen LogP contribution in [0.2, 0.25) is 6.55 Å². The Morgan fingerprint density at radius 3 is 2.48 bits per heavy atom. The molecule has 8 nitrogen and oxygen atoms in total. The molecule has 2 bridgehead atoms. The molecule has 3 heterocycles. The van der Waals surface area contributed by atoms with Crippen molar-refractivity contribution in [2.75, 3.05) is 60.4 Å². The minimum Gasteiger partial charge on any atom is -0.375 e. The summed E-state index contributed by atoms with van der Waals surface area (Å²) in [5.41, 5.74) is 0. The quantitative estimate of drug-likeness (QED) is 0.588. The number of hydrogen-bond donors (Lipinski definition) is 0. The second kappa shape index (κ2) is 8.47. The van der Waals surface area contributed by atoms with Crippen LogP contribution in [0.3, 0.4) is 0 Å². The van der Waals surface area contributed by atoms with Crippen LogP contribution in [0.15, 0.2) is 0 Å². The van der Waals surface area contributed by atoms with Gasteiger partial charge in [0.25, 0.3) is 0 Å². The first-order valence-electron chi connectivity index (χ1n) is 7.89. The third kappa shape index (κ3) is 5.29. The number of rotatable bonds is 7. The van der Waals surface area contributed by atoms with Crippen molar-refractivity contribution in [2.24, 2.45) is 0 Å². The third-order valence-electron chi connectivity index (χ3n) is 4.06. The highest BCUT2D eigenvalue weighted by Gasteiger charge is 2.44. The Morgan fingerprint density at radius 2 is 1.83 bits per heavy atom. The smallest absolute Gasteiger partial charge is 0.375 e. The first kappa shape index (κ1) is 19.4. The van der Waals surface area contributed by atoms with Crippen molar-refractivity contribution in [3.8, 4) is 0 Å². The Balaban J connectivity index is 1.92. The molecule has 0 N–H and O–H groups in total. The maximum Gasteiger partial charge on any atom is 0.527 e. The van der Waals surface area contributed by atoms with E-state index in [9.17, 15) is 0 Å². The van der Waals surface area contributed by atoms with E-state index in [0.717, 1.165) is 19.6 Å². The van der Waals surface area contributed by atoms with Gasteiger partial charge in [-0.1, -0.05) is 0 Å². The van der Waals surface area contributed by atoms with Crippen LogP contribution < -0.4 is 0 Å². The zero-order valence-electron chi connectivity index (χ0n) is 14.7. The lowest BCUT2D eigenvalue weighted by molar-refractivity contribution is -0.0796. The van der Waals surface area contributed by atoms with Gasteiger partial charge < -0.3 is 31.3 Å². The van der Waals surface area contributed by atoms with E-state index < -0.39 is 17.6 Å². The van der Waals surface area contributed by atoms with Crippen molar-refractivity contribution >= 4 is 17.6 Å². The number of ether oxygens (including phenoxy) is 1. The fraction of sp³-hybridized carbons (Fsp3) is 1.00. The molecule has 3 aliphatic heterocycles. The molecule has 0 aromatic rings. The molecule has 4 unspecified atom stereocenters. The van der Waals surface area contributed by atoms with Crippen molar-refractivity contribution in [1.82, 2.24) is 4.90 Å². The number of hydrogen-bond acceptors (Lipinski definition) is 8. The summed E-state index contributed by atoms with van der Waals surface area (Å²) in [6.45, 7) is 7.67. The van der Waals surface area contributed by atoms with Crippen molar-refractivity contribution < 1.29 is 31.3 Å². The zero-order valence-corrected chi connectivity index (χ0v) is 16.7. The summed E-state index contributed by atoms with van der Waals surface area (Å²) < 4.78 is 39.9. The molecular weight excluding hydrogens is 338 g/mol. The van der Waals surface area contributed by atoms with E-state index in [1.165, 1.54) is 0 Å². The van der Waals surface area contributed by atoms with E-state index in [1.807, 2.05) is 6.55 Å². The summed E-state index contributed by atoms with van der Waals surface area (Å²) in [5, 5.41) is 0. The highest BCUT2D eigenvalue weighted by molar-refractivity contribution is 6.60. The molecule has 0 aromatic carbocycles. The Bertz CT molecular complexity index is 366. The topological polar surface area (TPSA) is 67.9 Å². The van der Waals surface area contributed by atoms with Gasteiger partial charge in [0.05, 0.1) is 25.4 Å². The maximum absolute atomic E-state index is 6.16. The largest absolute Gasteiger partial charge is 0.527 e. The molecule has 0 saturated carbocycles. The van der Waals surface area contributed by atoms with Crippen molar-refractivity contribution in [3.05, 3.63) is 0 Å². The zero-order chi connectivity index (χ0) is 16.9. The minimum atomic E-state index is -2.73. The summed E-state index contributed by atoms with van der Waals surface area (Å²) in [6, 6.07) is 0. The van der Waals surface area contributed by atoms with Crippen molar-refractivity contribution in [3.63, 3.8) is 0 Å². The van der Waals surface area contributed by atoms with E-state index in [-0.39, 0.29) is 18.4 Å². The van der Waals surface area contributed by atoms with Crippen LogP contribution in [0, 0.1) is 0 Å². The maximum atomic E-state index is 6.16. The highest BCUT2D eigenvalue weighted by atomic mass is 28.4. The van der Waals surface area contributed by atoms with Gasteiger partial charge in [-0.3, -0.25) is 4.90 Å². The Morgan fingerprint density at radius 1 is 1.13 bits per heavy atom. The number of nitrogens with zero attached hydrogens (tertiary/aromatic N) is 1. The van der Waals surface area contributed by atoms with Crippen LogP contribution in [-0.2, 0) is 31.3 Å². The molecule has 0 radical (unpaired) electrons. The lowest BCUT2D eigenvalue weighted by Gasteiger charge is -2.42.